The number of methoxy groups -OCH3 is 1. The molecule has 0 saturated heterocycles. The van der Waals surface area contributed by atoms with E-state index in [0.29, 0.717) is 12.0 Å². The SMILES string of the molecule is COc1ccc(CC(CNC(C)C)Cc2ccccc2)cc1. The summed E-state index contributed by atoms with van der Waals surface area (Å²) in [7, 11) is 1.71. The molecule has 0 fully saturated rings. The zero-order valence-corrected chi connectivity index (χ0v) is 13.9. The molecule has 2 aromatic carbocycles. The highest BCUT2D eigenvalue weighted by molar-refractivity contribution is 5.27. The van der Waals surface area contributed by atoms with E-state index in [2.05, 4.69) is 61.6 Å². The predicted molar refractivity (Wildman–Crippen MR) is 93.5 cm³/mol. The van der Waals surface area contributed by atoms with Gasteiger partial charge in [0.25, 0.3) is 0 Å². The van der Waals surface area contributed by atoms with Gasteiger partial charge < -0.3 is 10.1 Å². The average Bonchev–Trinajstić information content (AvgIpc) is 2.54. The summed E-state index contributed by atoms with van der Waals surface area (Å²) < 4.78 is 5.24. The van der Waals surface area contributed by atoms with Gasteiger partial charge in [-0.25, -0.2) is 0 Å². The molecule has 0 radical (unpaired) electrons. The molecular weight excluding hydrogens is 270 g/mol. The van der Waals surface area contributed by atoms with E-state index in [9.17, 15) is 0 Å². The lowest BCUT2D eigenvalue weighted by molar-refractivity contribution is 0.414. The van der Waals surface area contributed by atoms with Crippen LogP contribution < -0.4 is 10.1 Å². The van der Waals surface area contributed by atoms with E-state index in [1.165, 1.54) is 11.1 Å². The molecule has 0 aliphatic carbocycles. The molecule has 1 atom stereocenters. The van der Waals surface area contributed by atoms with Crippen molar-refractivity contribution in [2.45, 2.75) is 32.7 Å². The number of ether oxygens (including phenoxy) is 1. The van der Waals surface area contributed by atoms with E-state index in [1.807, 2.05) is 12.1 Å². The standard InChI is InChI=1S/C20H27NO/c1-16(2)21-15-19(13-17-7-5-4-6-8-17)14-18-9-11-20(22-3)12-10-18/h4-12,16,19,21H,13-15H2,1-3H3. The maximum Gasteiger partial charge on any atom is 0.118 e. The molecule has 0 amide bonds. The molecular formula is C20H27NO. The monoisotopic (exact) mass is 297 g/mol. The van der Waals surface area contributed by atoms with Crippen LogP contribution >= 0.6 is 0 Å². The molecule has 22 heavy (non-hydrogen) atoms. The fourth-order valence-electron chi connectivity index (χ4n) is 2.66. The van der Waals surface area contributed by atoms with Crippen molar-refractivity contribution in [1.29, 1.82) is 0 Å². The van der Waals surface area contributed by atoms with Gasteiger partial charge in [0.15, 0.2) is 0 Å². The maximum absolute atomic E-state index is 5.24. The first-order chi connectivity index (χ1) is 10.7. The van der Waals surface area contributed by atoms with E-state index in [0.717, 1.165) is 25.1 Å². The van der Waals surface area contributed by atoms with E-state index in [1.54, 1.807) is 7.11 Å². The minimum Gasteiger partial charge on any atom is -0.497 e. The molecule has 2 heteroatoms. The van der Waals surface area contributed by atoms with Gasteiger partial charge in [-0.15, -0.1) is 0 Å². The minimum absolute atomic E-state index is 0.522. The van der Waals surface area contributed by atoms with Gasteiger partial charge in [-0.3, -0.25) is 0 Å². The molecule has 118 valence electrons. The van der Waals surface area contributed by atoms with Crippen LogP contribution in [0.5, 0.6) is 5.75 Å². The molecule has 0 bridgehead atoms. The smallest absolute Gasteiger partial charge is 0.118 e. The van der Waals surface area contributed by atoms with Crippen molar-refractivity contribution in [2.24, 2.45) is 5.92 Å². The number of rotatable bonds is 8. The number of hydrogen-bond donors (Lipinski definition) is 1. The predicted octanol–water partition coefficient (Wildman–Crippen LogP) is 4.09. The van der Waals surface area contributed by atoms with Crippen LogP contribution in [0.1, 0.15) is 25.0 Å². The molecule has 0 saturated carbocycles. The third-order valence-corrected chi connectivity index (χ3v) is 3.87. The summed E-state index contributed by atoms with van der Waals surface area (Å²) in [5.41, 5.74) is 2.78. The molecule has 1 N–H and O–H groups in total. The summed E-state index contributed by atoms with van der Waals surface area (Å²) in [5.74, 6) is 1.52. The minimum atomic E-state index is 0.522. The Morgan fingerprint density at radius 2 is 1.45 bits per heavy atom. The molecule has 2 aromatic rings. The van der Waals surface area contributed by atoms with E-state index in [4.69, 9.17) is 4.74 Å². The molecule has 1 unspecified atom stereocenters. The summed E-state index contributed by atoms with van der Waals surface area (Å²) in [5, 5.41) is 3.58. The Morgan fingerprint density at radius 3 is 2.00 bits per heavy atom. The Bertz CT molecular complexity index is 533. The van der Waals surface area contributed by atoms with Crippen molar-refractivity contribution in [3.63, 3.8) is 0 Å². The first-order valence-electron chi connectivity index (χ1n) is 8.07. The molecule has 0 aliphatic heterocycles. The number of nitrogens with one attached hydrogen (secondary N) is 1. The molecule has 0 spiro atoms. The lowest BCUT2D eigenvalue weighted by Gasteiger charge is -2.20. The zero-order chi connectivity index (χ0) is 15.8. The van der Waals surface area contributed by atoms with Gasteiger partial charge in [-0.2, -0.15) is 0 Å². The van der Waals surface area contributed by atoms with Crippen molar-refractivity contribution < 1.29 is 4.74 Å². The lowest BCUT2D eigenvalue weighted by Crippen LogP contribution is -2.31. The second kappa shape index (κ2) is 8.60. The quantitative estimate of drug-likeness (QED) is 0.792. The molecule has 0 aromatic heterocycles. The zero-order valence-electron chi connectivity index (χ0n) is 13.9. The largest absolute Gasteiger partial charge is 0.497 e. The van der Waals surface area contributed by atoms with Crippen LogP contribution in [-0.4, -0.2) is 19.7 Å². The van der Waals surface area contributed by atoms with E-state index < -0.39 is 0 Å². The summed E-state index contributed by atoms with van der Waals surface area (Å²) in [4.78, 5) is 0. The van der Waals surface area contributed by atoms with Crippen molar-refractivity contribution >= 4 is 0 Å². The Hall–Kier alpha value is -1.80. The highest BCUT2D eigenvalue weighted by Gasteiger charge is 2.11. The molecule has 0 heterocycles. The molecule has 2 nitrogen and oxygen atoms in total. The van der Waals surface area contributed by atoms with Crippen molar-refractivity contribution in [3.05, 3.63) is 65.7 Å². The average molecular weight is 297 g/mol. The highest BCUT2D eigenvalue weighted by Crippen LogP contribution is 2.17. The number of benzene rings is 2. The first kappa shape index (κ1) is 16.6. The summed E-state index contributed by atoms with van der Waals surface area (Å²) in [6.07, 6.45) is 2.19. The molecule has 0 aliphatic rings. The maximum atomic E-state index is 5.24. The molecule has 2 rings (SSSR count). The van der Waals surface area contributed by atoms with Gasteiger partial charge in [0.1, 0.15) is 5.75 Å². The summed E-state index contributed by atoms with van der Waals surface area (Å²) in [6, 6.07) is 19.7. The van der Waals surface area contributed by atoms with Crippen LogP contribution in [0.25, 0.3) is 0 Å². The van der Waals surface area contributed by atoms with Crippen molar-refractivity contribution in [2.75, 3.05) is 13.7 Å². The second-order valence-electron chi connectivity index (χ2n) is 6.17. The van der Waals surface area contributed by atoms with E-state index in [-0.39, 0.29) is 0 Å². The van der Waals surface area contributed by atoms with E-state index >= 15 is 0 Å². The van der Waals surface area contributed by atoms with Crippen LogP contribution in [0.3, 0.4) is 0 Å². The van der Waals surface area contributed by atoms with Crippen molar-refractivity contribution in [1.82, 2.24) is 5.32 Å². The van der Waals surface area contributed by atoms with Gasteiger partial charge in [0.2, 0.25) is 0 Å². The normalized spacial score (nSPS) is 12.4. The third-order valence-electron chi connectivity index (χ3n) is 3.87. The topological polar surface area (TPSA) is 21.3 Å². The van der Waals surface area contributed by atoms with Crippen LogP contribution in [-0.2, 0) is 12.8 Å². The van der Waals surface area contributed by atoms with Crippen LogP contribution in [0.2, 0.25) is 0 Å². The number of hydrogen-bond acceptors (Lipinski definition) is 2. The third kappa shape index (κ3) is 5.53. The fourth-order valence-corrected chi connectivity index (χ4v) is 2.66. The Morgan fingerprint density at radius 1 is 0.864 bits per heavy atom. The Balaban J connectivity index is 2.02. The van der Waals surface area contributed by atoms with Gasteiger partial charge in [-0.1, -0.05) is 56.3 Å². The van der Waals surface area contributed by atoms with Crippen LogP contribution in [0.15, 0.2) is 54.6 Å². The van der Waals surface area contributed by atoms with Gasteiger partial charge in [0.05, 0.1) is 7.11 Å². The Labute approximate surface area is 134 Å². The summed E-state index contributed by atoms with van der Waals surface area (Å²) in [6.45, 7) is 5.44. The van der Waals surface area contributed by atoms with Crippen LogP contribution in [0, 0.1) is 5.92 Å². The first-order valence-corrected chi connectivity index (χ1v) is 8.07. The van der Waals surface area contributed by atoms with Crippen molar-refractivity contribution in [3.8, 4) is 5.75 Å². The highest BCUT2D eigenvalue weighted by atomic mass is 16.5. The Kier molecular flexibility index (Phi) is 6.47. The summed E-state index contributed by atoms with van der Waals surface area (Å²) >= 11 is 0. The fraction of sp³-hybridized carbons (Fsp3) is 0.400. The van der Waals surface area contributed by atoms with Crippen LogP contribution in [0.4, 0.5) is 0 Å². The van der Waals surface area contributed by atoms with Gasteiger partial charge >= 0.3 is 0 Å². The van der Waals surface area contributed by atoms with Gasteiger partial charge in [0, 0.05) is 6.04 Å². The lowest BCUT2D eigenvalue weighted by atomic mass is 9.92. The van der Waals surface area contributed by atoms with Gasteiger partial charge in [-0.05, 0) is 48.6 Å². The second-order valence-corrected chi connectivity index (χ2v) is 6.17.